The van der Waals surface area contributed by atoms with E-state index in [9.17, 15) is 9.59 Å². The standard InChI is InChI=1S/C11H19NO2S2/c1-9(13)16-8-10-6-11(14)12(7-10)4-3-5-15-2/h10H,3-8H2,1-2H3. The summed E-state index contributed by atoms with van der Waals surface area (Å²) in [5.74, 6) is 2.53. The fourth-order valence-corrected chi connectivity index (χ4v) is 2.93. The van der Waals surface area contributed by atoms with Crippen LogP contribution >= 0.6 is 23.5 Å². The van der Waals surface area contributed by atoms with Gasteiger partial charge >= 0.3 is 0 Å². The van der Waals surface area contributed by atoms with Crippen LogP contribution in [0.4, 0.5) is 0 Å². The number of carbonyl (C=O) groups excluding carboxylic acids is 2. The van der Waals surface area contributed by atoms with Gasteiger partial charge in [-0.2, -0.15) is 11.8 Å². The van der Waals surface area contributed by atoms with Crippen molar-refractivity contribution in [1.29, 1.82) is 0 Å². The molecule has 0 N–H and O–H groups in total. The van der Waals surface area contributed by atoms with Gasteiger partial charge in [0.1, 0.15) is 0 Å². The molecule has 0 spiro atoms. The van der Waals surface area contributed by atoms with Crippen LogP contribution in [0.15, 0.2) is 0 Å². The van der Waals surface area contributed by atoms with Crippen molar-refractivity contribution >= 4 is 34.5 Å². The van der Waals surface area contributed by atoms with Crippen LogP contribution in [0.25, 0.3) is 0 Å². The molecule has 92 valence electrons. The van der Waals surface area contributed by atoms with Gasteiger partial charge in [-0.25, -0.2) is 0 Å². The second-order valence-corrected chi connectivity index (χ2v) is 6.24. The Morgan fingerprint density at radius 3 is 2.94 bits per heavy atom. The summed E-state index contributed by atoms with van der Waals surface area (Å²) >= 11 is 3.15. The minimum absolute atomic E-state index is 0.147. The zero-order chi connectivity index (χ0) is 12.0. The monoisotopic (exact) mass is 261 g/mol. The molecule has 0 aromatic heterocycles. The number of amides is 1. The molecule has 5 heteroatoms. The summed E-state index contributed by atoms with van der Waals surface area (Å²) < 4.78 is 0. The summed E-state index contributed by atoms with van der Waals surface area (Å²) in [4.78, 5) is 24.4. The predicted molar refractivity (Wildman–Crippen MR) is 70.8 cm³/mol. The lowest BCUT2D eigenvalue weighted by atomic mass is 10.1. The van der Waals surface area contributed by atoms with E-state index in [1.165, 1.54) is 11.8 Å². The average Bonchev–Trinajstić information content (AvgIpc) is 2.57. The molecule has 16 heavy (non-hydrogen) atoms. The third-order valence-corrected chi connectivity index (χ3v) is 4.33. The summed E-state index contributed by atoms with van der Waals surface area (Å²) in [5, 5.41) is 0.147. The van der Waals surface area contributed by atoms with Gasteiger partial charge < -0.3 is 4.90 Å². The summed E-state index contributed by atoms with van der Waals surface area (Å²) in [6.45, 7) is 3.30. The second kappa shape index (κ2) is 7.22. The maximum Gasteiger partial charge on any atom is 0.222 e. The first-order valence-electron chi connectivity index (χ1n) is 5.53. The molecule has 1 fully saturated rings. The Kier molecular flexibility index (Phi) is 6.28. The van der Waals surface area contributed by atoms with Gasteiger partial charge in [-0.05, 0) is 24.3 Å². The third-order valence-electron chi connectivity index (χ3n) is 2.59. The molecule has 0 radical (unpaired) electrons. The van der Waals surface area contributed by atoms with Crippen LogP contribution in [0.3, 0.4) is 0 Å². The fourth-order valence-electron chi connectivity index (χ4n) is 1.82. The number of carbonyl (C=O) groups is 2. The molecule has 1 saturated heterocycles. The van der Waals surface area contributed by atoms with Crippen LogP contribution in [0.2, 0.25) is 0 Å². The van der Waals surface area contributed by atoms with Crippen LogP contribution in [0.5, 0.6) is 0 Å². The highest BCUT2D eigenvalue weighted by atomic mass is 32.2. The molecule has 1 unspecified atom stereocenters. The number of hydrogen-bond donors (Lipinski definition) is 0. The van der Waals surface area contributed by atoms with Crippen molar-refractivity contribution in [2.75, 3.05) is 30.9 Å². The lowest BCUT2D eigenvalue weighted by Gasteiger charge is -2.15. The van der Waals surface area contributed by atoms with E-state index >= 15 is 0 Å². The smallest absolute Gasteiger partial charge is 0.222 e. The van der Waals surface area contributed by atoms with Crippen LogP contribution in [-0.4, -0.2) is 46.8 Å². The van der Waals surface area contributed by atoms with E-state index in [1.807, 2.05) is 16.7 Å². The van der Waals surface area contributed by atoms with Crippen LogP contribution < -0.4 is 0 Å². The van der Waals surface area contributed by atoms with E-state index in [2.05, 4.69) is 6.26 Å². The zero-order valence-corrected chi connectivity index (χ0v) is 11.5. The largest absolute Gasteiger partial charge is 0.342 e. The molecule has 1 rings (SSSR count). The minimum atomic E-state index is 0.147. The fraction of sp³-hybridized carbons (Fsp3) is 0.818. The minimum Gasteiger partial charge on any atom is -0.342 e. The van der Waals surface area contributed by atoms with Crippen molar-refractivity contribution in [2.45, 2.75) is 19.8 Å². The van der Waals surface area contributed by atoms with E-state index < -0.39 is 0 Å². The average molecular weight is 261 g/mol. The molecule has 0 aromatic carbocycles. The number of hydrogen-bond acceptors (Lipinski definition) is 4. The number of nitrogens with zero attached hydrogens (tertiary/aromatic N) is 1. The Morgan fingerprint density at radius 2 is 2.31 bits per heavy atom. The summed E-state index contributed by atoms with van der Waals surface area (Å²) in [7, 11) is 0. The molecule has 0 aliphatic carbocycles. The molecule has 1 aliphatic heterocycles. The molecular formula is C11H19NO2S2. The maximum atomic E-state index is 11.6. The molecule has 0 aromatic rings. The van der Waals surface area contributed by atoms with Gasteiger partial charge in [0.15, 0.2) is 5.12 Å². The number of likely N-dealkylation sites (tertiary alicyclic amines) is 1. The molecule has 3 nitrogen and oxygen atoms in total. The molecular weight excluding hydrogens is 242 g/mol. The highest BCUT2D eigenvalue weighted by Gasteiger charge is 2.28. The van der Waals surface area contributed by atoms with Crippen LogP contribution in [0, 0.1) is 5.92 Å². The van der Waals surface area contributed by atoms with Gasteiger partial charge in [-0.15, -0.1) is 0 Å². The van der Waals surface area contributed by atoms with E-state index in [0.29, 0.717) is 12.3 Å². The van der Waals surface area contributed by atoms with E-state index in [-0.39, 0.29) is 11.0 Å². The van der Waals surface area contributed by atoms with Gasteiger partial charge in [0, 0.05) is 32.2 Å². The second-order valence-electron chi connectivity index (χ2n) is 4.06. The van der Waals surface area contributed by atoms with Gasteiger partial charge in [-0.3, -0.25) is 9.59 Å². The highest BCUT2D eigenvalue weighted by molar-refractivity contribution is 8.13. The van der Waals surface area contributed by atoms with Crippen molar-refractivity contribution < 1.29 is 9.59 Å². The summed E-state index contributed by atoms with van der Waals surface area (Å²) in [6.07, 6.45) is 3.77. The van der Waals surface area contributed by atoms with Gasteiger partial charge in [0.25, 0.3) is 0 Å². The van der Waals surface area contributed by atoms with Crippen molar-refractivity contribution in [1.82, 2.24) is 4.90 Å². The van der Waals surface area contributed by atoms with Crippen molar-refractivity contribution in [3.63, 3.8) is 0 Å². The molecule has 1 atom stereocenters. The van der Waals surface area contributed by atoms with E-state index in [1.54, 1.807) is 6.92 Å². The van der Waals surface area contributed by atoms with Gasteiger partial charge in [-0.1, -0.05) is 11.8 Å². The Morgan fingerprint density at radius 1 is 1.56 bits per heavy atom. The molecule has 1 amide bonds. The first-order chi connectivity index (χ1) is 7.63. The quantitative estimate of drug-likeness (QED) is 0.684. The lowest BCUT2D eigenvalue weighted by molar-refractivity contribution is -0.127. The van der Waals surface area contributed by atoms with E-state index in [0.717, 1.165) is 31.0 Å². The third kappa shape index (κ3) is 4.78. The lowest BCUT2D eigenvalue weighted by Crippen LogP contribution is -2.26. The predicted octanol–water partition coefficient (Wildman–Crippen LogP) is 1.87. The molecule has 0 saturated carbocycles. The Balaban J connectivity index is 2.24. The highest BCUT2D eigenvalue weighted by Crippen LogP contribution is 2.22. The molecule has 1 heterocycles. The molecule has 0 bridgehead atoms. The Bertz CT molecular complexity index is 258. The molecule has 1 aliphatic rings. The normalized spacial score (nSPS) is 20.5. The zero-order valence-electron chi connectivity index (χ0n) is 9.90. The SMILES string of the molecule is CSCCCN1CC(CSC(C)=O)CC1=O. The Labute approximate surface area is 106 Å². The van der Waals surface area contributed by atoms with Crippen molar-refractivity contribution in [3.05, 3.63) is 0 Å². The van der Waals surface area contributed by atoms with Crippen LogP contribution in [0.1, 0.15) is 19.8 Å². The number of thioether (sulfide) groups is 2. The first-order valence-corrected chi connectivity index (χ1v) is 7.91. The van der Waals surface area contributed by atoms with E-state index in [4.69, 9.17) is 0 Å². The first kappa shape index (κ1) is 13.9. The topological polar surface area (TPSA) is 37.4 Å². The number of rotatable bonds is 6. The van der Waals surface area contributed by atoms with Crippen molar-refractivity contribution in [2.24, 2.45) is 5.92 Å². The van der Waals surface area contributed by atoms with Gasteiger partial charge in [0.05, 0.1) is 0 Å². The van der Waals surface area contributed by atoms with Crippen molar-refractivity contribution in [3.8, 4) is 0 Å². The van der Waals surface area contributed by atoms with Crippen LogP contribution in [-0.2, 0) is 9.59 Å². The summed E-state index contributed by atoms with van der Waals surface area (Å²) in [5.41, 5.74) is 0. The maximum absolute atomic E-state index is 11.6. The van der Waals surface area contributed by atoms with Gasteiger partial charge in [0.2, 0.25) is 5.91 Å². The summed E-state index contributed by atoms with van der Waals surface area (Å²) in [6, 6.07) is 0. The Hall–Kier alpha value is -0.160.